The number of aromatic nitrogens is 8. The van der Waals surface area contributed by atoms with Crippen LogP contribution in [0.2, 0.25) is 0 Å². The van der Waals surface area contributed by atoms with Crippen LogP contribution < -0.4 is 0 Å². The third-order valence-corrected chi connectivity index (χ3v) is 20.2. The zero-order valence-corrected chi connectivity index (χ0v) is 54.9. The van der Waals surface area contributed by atoms with E-state index in [0.29, 0.717) is 5.82 Å². The van der Waals surface area contributed by atoms with E-state index in [-0.39, 0.29) is 0 Å². The largest absolute Gasteiger partial charge is 0.265 e. The molecule has 0 aliphatic rings. The molecule has 0 radical (unpaired) electrons. The highest BCUT2D eigenvalue weighted by molar-refractivity contribution is 6.33. The number of nitrogens with zero attached hydrogens (tertiary/aromatic N) is 8. The van der Waals surface area contributed by atoms with Gasteiger partial charge < -0.3 is 0 Å². The molecule has 8 heteroatoms. The zero-order chi connectivity index (χ0) is 67.2. The Kier molecular flexibility index (Phi) is 13.7. The summed E-state index contributed by atoms with van der Waals surface area (Å²) in [6, 6.07) is 111. The van der Waals surface area contributed by atoms with Gasteiger partial charge in [-0.3, -0.25) is 15.0 Å². The second-order valence-corrected chi connectivity index (χ2v) is 25.9. The van der Waals surface area contributed by atoms with Gasteiger partial charge in [-0.15, -0.1) is 0 Å². The number of pyridine rings is 6. The Morgan fingerprint density at radius 1 is 0.196 bits per heavy atom. The van der Waals surface area contributed by atoms with Crippen LogP contribution in [-0.4, -0.2) is 39.9 Å². The molecule has 0 amide bonds. The molecule has 0 fully saturated rings. The lowest BCUT2D eigenvalue weighted by molar-refractivity contribution is 1.19. The van der Waals surface area contributed by atoms with Crippen LogP contribution in [0.3, 0.4) is 0 Å². The van der Waals surface area contributed by atoms with Crippen molar-refractivity contribution in [2.75, 3.05) is 0 Å². The second-order valence-electron chi connectivity index (χ2n) is 25.9. The van der Waals surface area contributed by atoms with Crippen molar-refractivity contribution in [2.45, 2.75) is 0 Å². The van der Waals surface area contributed by atoms with Crippen molar-refractivity contribution < 1.29 is 0 Å². The van der Waals surface area contributed by atoms with Crippen molar-refractivity contribution in [3.8, 4) is 78.9 Å². The maximum atomic E-state index is 5.52. The van der Waals surface area contributed by atoms with E-state index in [1.165, 1.54) is 16.2 Å². The van der Waals surface area contributed by atoms with Gasteiger partial charge in [-0.1, -0.05) is 261 Å². The molecule has 14 aromatic carbocycles. The van der Waals surface area contributed by atoms with Crippen LogP contribution in [-0.2, 0) is 0 Å². The Bertz CT molecular complexity index is 6830. The van der Waals surface area contributed by atoms with Crippen molar-refractivity contribution in [1.29, 1.82) is 0 Å². The fourth-order valence-corrected chi connectivity index (χ4v) is 15.8. The summed E-state index contributed by atoms with van der Waals surface area (Å²) >= 11 is 0. The van der Waals surface area contributed by atoms with Crippen molar-refractivity contribution in [3.05, 3.63) is 340 Å². The normalized spacial score (nSPS) is 11.7. The maximum absolute atomic E-state index is 5.52. The molecule has 0 aliphatic carbocycles. The molecule has 21 rings (SSSR count). The summed E-state index contributed by atoms with van der Waals surface area (Å²) in [5, 5.41) is 22.6. The third kappa shape index (κ3) is 9.53. The molecule has 0 N–H and O–H groups in total. The first-order chi connectivity index (χ1) is 50.6. The van der Waals surface area contributed by atoms with Crippen LogP contribution in [0, 0.1) is 0 Å². The summed E-state index contributed by atoms with van der Waals surface area (Å²) in [7, 11) is 0. The topological polar surface area (TPSA) is 103 Å². The first-order valence-electron chi connectivity index (χ1n) is 34.4. The van der Waals surface area contributed by atoms with Gasteiger partial charge in [-0.2, -0.15) is 0 Å². The average Bonchev–Trinajstić information content (AvgIpc) is 0.725. The number of hydrogen-bond donors (Lipinski definition) is 0. The van der Waals surface area contributed by atoms with E-state index in [4.69, 9.17) is 34.9 Å². The Morgan fingerprint density at radius 3 is 1.03 bits per heavy atom. The third-order valence-electron chi connectivity index (χ3n) is 20.2. The van der Waals surface area contributed by atoms with Gasteiger partial charge in [0.05, 0.1) is 56.2 Å². The molecule has 7 aromatic heterocycles. The van der Waals surface area contributed by atoms with Gasteiger partial charge in [-0.25, -0.2) is 24.9 Å². The van der Waals surface area contributed by atoms with E-state index in [9.17, 15) is 0 Å². The molecule has 0 saturated carbocycles. The first-order valence-corrected chi connectivity index (χ1v) is 34.4. The minimum Gasteiger partial charge on any atom is -0.265 e. The lowest BCUT2D eigenvalue weighted by Gasteiger charge is -2.19. The van der Waals surface area contributed by atoms with Gasteiger partial charge in [-0.05, 0) is 108 Å². The van der Waals surface area contributed by atoms with Crippen LogP contribution in [0.4, 0.5) is 0 Å². The van der Waals surface area contributed by atoms with E-state index in [0.717, 1.165) is 187 Å². The SMILES string of the molecule is c1cc(-c2ccncc2)nc(-c2c3ccccc3c(-c3nc4ccccc4c4c3ccc3ccc5cccnc5c34)c3ccccc23)c1.c1ccc(-c2cc(-c3ccccc3)nc(-c3c4ccccc4c(-c4nc5ccccc5c5c4ccc4ccc6cccnc6c45)c4ccccc34)n2)cc1. The lowest BCUT2D eigenvalue weighted by Crippen LogP contribution is -1.99. The Morgan fingerprint density at radius 2 is 0.569 bits per heavy atom. The summed E-state index contributed by atoms with van der Waals surface area (Å²) < 4.78 is 0. The molecular formula is C94H56N8. The predicted octanol–water partition coefficient (Wildman–Crippen LogP) is 24.0. The van der Waals surface area contributed by atoms with Gasteiger partial charge in [0.15, 0.2) is 5.82 Å². The Hall–Kier alpha value is -13.8. The van der Waals surface area contributed by atoms with Gasteiger partial charge in [0.25, 0.3) is 0 Å². The predicted molar refractivity (Wildman–Crippen MR) is 423 cm³/mol. The zero-order valence-electron chi connectivity index (χ0n) is 54.9. The number of fused-ring (bicyclic) bond motifs is 18. The molecule has 0 spiro atoms. The van der Waals surface area contributed by atoms with Crippen molar-refractivity contribution in [3.63, 3.8) is 0 Å². The van der Waals surface area contributed by atoms with Crippen LogP contribution in [0.5, 0.6) is 0 Å². The minimum atomic E-state index is 0.689. The van der Waals surface area contributed by atoms with Gasteiger partial charge in [0, 0.05) is 118 Å². The first kappa shape index (κ1) is 58.3. The molecule has 0 saturated heterocycles. The van der Waals surface area contributed by atoms with Crippen molar-refractivity contribution >= 4 is 130 Å². The molecule has 21 aromatic rings. The molecule has 102 heavy (non-hydrogen) atoms. The summed E-state index contributed by atoms with van der Waals surface area (Å²) in [5.41, 5.74) is 16.9. The fourth-order valence-electron chi connectivity index (χ4n) is 15.8. The second kappa shape index (κ2) is 24.0. The van der Waals surface area contributed by atoms with E-state index >= 15 is 0 Å². The molecule has 8 nitrogen and oxygen atoms in total. The summed E-state index contributed by atoms with van der Waals surface area (Å²) in [4.78, 5) is 40.9. The van der Waals surface area contributed by atoms with Crippen LogP contribution in [0.25, 0.3) is 209 Å². The smallest absolute Gasteiger partial charge is 0.161 e. The van der Waals surface area contributed by atoms with Crippen LogP contribution in [0.15, 0.2) is 340 Å². The summed E-state index contributed by atoms with van der Waals surface area (Å²) in [6.45, 7) is 0. The van der Waals surface area contributed by atoms with Crippen LogP contribution >= 0.6 is 0 Å². The summed E-state index contributed by atoms with van der Waals surface area (Å²) in [6.07, 6.45) is 7.41. The monoisotopic (exact) mass is 1300 g/mol. The lowest BCUT2D eigenvalue weighted by atomic mass is 9.86. The highest BCUT2D eigenvalue weighted by Gasteiger charge is 2.26. The number of para-hydroxylation sites is 2. The molecule has 0 bridgehead atoms. The molecule has 0 unspecified atom stereocenters. The Balaban J connectivity index is 0.000000138. The highest BCUT2D eigenvalue weighted by Crippen LogP contribution is 2.50. The quantitative estimate of drug-likeness (QED) is 0.115. The summed E-state index contributed by atoms with van der Waals surface area (Å²) in [5.74, 6) is 0.689. The van der Waals surface area contributed by atoms with Gasteiger partial charge in [0.2, 0.25) is 0 Å². The van der Waals surface area contributed by atoms with Crippen LogP contribution in [0.1, 0.15) is 0 Å². The number of hydrogen-bond acceptors (Lipinski definition) is 8. The Labute approximate surface area is 585 Å². The highest BCUT2D eigenvalue weighted by atomic mass is 14.9. The molecule has 7 heterocycles. The standard InChI is InChI=1S/C50H30N4.C44H26N4/c1-3-14-31(15-4-1)42-30-43(32-16-5-2-6-17-32)54-50(53-42)47-37-21-9-7-19-35(37)46(36-20-8-10-22-38(36)47)49-40-28-27-33-25-26-34-18-13-29-51-48(34)44(33)45(40)39-23-11-12-24-41(39)52-49;1-3-12-32-30(10-1)40(38-17-7-16-36(47-38)27-22-25-45-26-23-27)31-11-2-4-13-33(31)42(32)44-35-21-20-28-18-19-29-9-8-24-46-43(29)39(28)41(35)34-14-5-6-15-37(34)48-44/h1-30H;1-26H. The van der Waals surface area contributed by atoms with E-state index < -0.39 is 0 Å². The van der Waals surface area contributed by atoms with Gasteiger partial charge >= 0.3 is 0 Å². The molecular weight excluding hydrogens is 1240 g/mol. The number of benzene rings is 14. The van der Waals surface area contributed by atoms with E-state index in [1.807, 2.05) is 61.2 Å². The molecule has 0 aliphatic heterocycles. The molecule has 0 atom stereocenters. The van der Waals surface area contributed by atoms with E-state index in [2.05, 4.69) is 284 Å². The van der Waals surface area contributed by atoms with Gasteiger partial charge in [0.1, 0.15) is 0 Å². The maximum Gasteiger partial charge on any atom is 0.161 e. The van der Waals surface area contributed by atoms with Crippen molar-refractivity contribution in [2.24, 2.45) is 0 Å². The number of rotatable bonds is 7. The van der Waals surface area contributed by atoms with Crippen molar-refractivity contribution in [1.82, 2.24) is 39.9 Å². The van der Waals surface area contributed by atoms with E-state index in [1.54, 1.807) is 0 Å². The fraction of sp³-hybridized carbons (Fsp3) is 0. The minimum absolute atomic E-state index is 0.689. The average molecular weight is 1300 g/mol. The molecule has 472 valence electrons.